The Bertz CT molecular complexity index is 1100. The number of anilines is 1. The summed E-state index contributed by atoms with van der Waals surface area (Å²) in [6.07, 6.45) is 3.29. The van der Waals surface area contributed by atoms with Crippen molar-refractivity contribution in [1.29, 1.82) is 0 Å². The van der Waals surface area contributed by atoms with Gasteiger partial charge in [-0.2, -0.15) is 0 Å². The number of nitrogens with zero attached hydrogens (tertiary/aromatic N) is 1. The van der Waals surface area contributed by atoms with Gasteiger partial charge in [-0.25, -0.2) is 0 Å². The standard InChI is InChI=1S/C23H22N2O4/c1-3-18-16(15-8-4-6-10-19(15)28-18)12-13-22(26)25-14-21(23(27)24-2)29-20-11-7-5-9-17(20)25/h4-13,21H,3,14H2,1-2H3,(H,24,27)/b13-12+/t21-/m0/s1. The number of hydrogen-bond donors (Lipinski definition) is 1. The van der Waals surface area contributed by atoms with Gasteiger partial charge in [0.25, 0.3) is 11.8 Å². The van der Waals surface area contributed by atoms with E-state index in [9.17, 15) is 9.59 Å². The quantitative estimate of drug-likeness (QED) is 0.692. The van der Waals surface area contributed by atoms with E-state index in [4.69, 9.17) is 9.15 Å². The molecule has 2 aromatic carbocycles. The van der Waals surface area contributed by atoms with Crippen molar-refractivity contribution in [3.8, 4) is 5.75 Å². The predicted molar refractivity (Wildman–Crippen MR) is 112 cm³/mol. The zero-order valence-corrected chi connectivity index (χ0v) is 16.3. The van der Waals surface area contributed by atoms with Crippen molar-refractivity contribution in [3.63, 3.8) is 0 Å². The number of para-hydroxylation sites is 3. The van der Waals surface area contributed by atoms with E-state index in [1.807, 2.05) is 49.4 Å². The Hall–Kier alpha value is -3.54. The van der Waals surface area contributed by atoms with Crippen LogP contribution in [0.4, 0.5) is 5.69 Å². The third kappa shape index (κ3) is 3.49. The third-order valence-corrected chi connectivity index (χ3v) is 5.00. The number of nitrogens with one attached hydrogen (secondary N) is 1. The van der Waals surface area contributed by atoms with Gasteiger partial charge in [0.05, 0.1) is 12.2 Å². The van der Waals surface area contributed by atoms with Gasteiger partial charge in [0.15, 0.2) is 6.10 Å². The van der Waals surface area contributed by atoms with Crippen molar-refractivity contribution < 1.29 is 18.7 Å². The lowest BCUT2D eigenvalue weighted by molar-refractivity contribution is -0.127. The number of likely N-dealkylation sites (N-methyl/N-ethyl adjacent to an activating group) is 1. The monoisotopic (exact) mass is 390 g/mol. The number of carbonyl (C=O) groups is 2. The highest BCUT2D eigenvalue weighted by Crippen LogP contribution is 2.34. The Balaban J connectivity index is 1.67. The van der Waals surface area contributed by atoms with Gasteiger partial charge >= 0.3 is 0 Å². The first kappa shape index (κ1) is 18.8. The largest absolute Gasteiger partial charge is 0.477 e. The molecule has 148 valence electrons. The molecule has 29 heavy (non-hydrogen) atoms. The van der Waals surface area contributed by atoms with Crippen LogP contribution in [0.3, 0.4) is 0 Å². The summed E-state index contributed by atoms with van der Waals surface area (Å²) in [5.41, 5.74) is 2.35. The number of carbonyl (C=O) groups excluding carboxylic acids is 2. The molecule has 0 fully saturated rings. The molecule has 1 atom stereocenters. The second-order valence-electron chi connectivity index (χ2n) is 6.76. The summed E-state index contributed by atoms with van der Waals surface area (Å²) in [5.74, 6) is 0.857. The lowest BCUT2D eigenvalue weighted by Crippen LogP contribution is -2.49. The Kier molecular flexibility index (Phi) is 5.08. The first-order valence-corrected chi connectivity index (χ1v) is 9.59. The fourth-order valence-corrected chi connectivity index (χ4v) is 3.55. The lowest BCUT2D eigenvalue weighted by atomic mass is 10.1. The normalized spacial score (nSPS) is 15.9. The van der Waals surface area contributed by atoms with Crippen molar-refractivity contribution in [3.05, 3.63) is 65.9 Å². The molecule has 0 aliphatic carbocycles. The van der Waals surface area contributed by atoms with Crippen LogP contribution in [0.2, 0.25) is 0 Å². The summed E-state index contributed by atoms with van der Waals surface area (Å²) in [6, 6.07) is 15.0. The molecule has 2 heterocycles. The smallest absolute Gasteiger partial charge is 0.262 e. The topological polar surface area (TPSA) is 71.8 Å². The van der Waals surface area contributed by atoms with Crippen molar-refractivity contribution in [2.75, 3.05) is 18.5 Å². The number of ether oxygens (including phenoxy) is 1. The van der Waals surface area contributed by atoms with E-state index in [2.05, 4.69) is 5.32 Å². The van der Waals surface area contributed by atoms with Crippen LogP contribution in [0.1, 0.15) is 18.2 Å². The maximum Gasteiger partial charge on any atom is 0.262 e. The molecule has 0 saturated heterocycles. The minimum atomic E-state index is -0.756. The van der Waals surface area contributed by atoms with Crippen LogP contribution in [0.15, 0.2) is 59.0 Å². The van der Waals surface area contributed by atoms with Crippen LogP contribution in [-0.2, 0) is 16.0 Å². The number of fused-ring (bicyclic) bond motifs is 2. The number of amides is 2. The molecule has 1 aromatic heterocycles. The van der Waals surface area contributed by atoms with Crippen LogP contribution < -0.4 is 15.0 Å². The van der Waals surface area contributed by atoms with E-state index < -0.39 is 6.10 Å². The average Bonchev–Trinajstić information content (AvgIpc) is 3.13. The van der Waals surface area contributed by atoms with Gasteiger partial charge in [-0.1, -0.05) is 37.3 Å². The van der Waals surface area contributed by atoms with E-state index in [0.29, 0.717) is 11.4 Å². The Morgan fingerprint density at radius 1 is 1.17 bits per heavy atom. The maximum atomic E-state index is 13.1. The number of benzene rings is 2. The van der Waals surface area contributed by atoms with Crippen molar-refractivity contribution in [2.24, 2.45) is 0 Å². The second kappa shape index (κ2) is 7.83. The van der Waals surface area contributed by atoms with Crippen LogP contribution in [0.5, 0.6) is 5.75 Å². The van der Waals surface area contributed by atoms with Gasteiger partial charge in [0.2, 0.25) is 0 Å². The minimum absolute atomic E-state index is 0.145. The highest BCUT2D eigenvalue weighted by molar-refractivity contribution is 6.07. The predicted octanol–water partition coefficient (Wildman–Crippen LogP) is 3.55. The van der Waals surface area contributed by atoms with Crippen molar-refractivity contribution in [2.45, 2.75) is 19.4 Å². The number of aryl methyl sites for hydroxylation is 1. The van der Waals surface area contributed by atoms with Gasteiger partial charge in [0.1, 0.15) is 17.1 Å². The summed E-state index contributed by atoms with van der Waals surface area (Å²) in [6.45, 7) is 2.16. The molecule has 2 amide bonds. The molecular formula is C23H22N2O4. The average molecular weight is 390 g/mol. The van der Waals surface area contributed by atoms with Gasteiger partial charge in [0, 0.05) is 30.5 Å². The molecule has 1 aliphatic rings. The van der Waals surface area contributed by atoms with Gasteiger partial charge in [-0.05, 0) is 24.3 Å². The SMILES string of the molecule is CCc1oc2ccccc2c1/C=C/C(=O)N1C[C@@H](C(=O)NC)Oc2ccccc21. The third-order valence-electron chi connectivity index (χ3n) is 5.00. The first-order chi connectivity index (χ1) is 14.1. The molecule has 0 spiro atoms. The van der Waals surface area contributed by atoms with E-state index in [-0.39, 0.29) is 18.4 Å². The van der Waals surface area contributed by atoms with Crippen LogP contribution in [0, 0.1) is 0 Å². The van der Waals surface area contributed by atoms with E-state index in [1.54, 1.807) is 24.1 Å². The Labute approximate surface area is 168 Å². The molecular weight excluding hydrogens is 368 g/mol. The number of rotatable bonds is 4. The van der Waals surface area contributed by atoms with E-state index in [0.717, 1.165) is 28.7 Å². The maximum absolute atomic E-state index is 13.1. The highest BCUT2D eigenvalue weighted by atomic mass is 16.5. The van der Waals surface area contributed by atoms with Crippen LogP contribution >= 0.6 is 0 Å². The van der Waals surface area contributed by atoms with Crippen molar-refractivity contribution >= 4 is 34.5 Å². The summed E-state index contributed by atoms with van der Waals surface area (Å²) < 4.78 is 11.7. The Morgan fingerprint density at radius 3 is 2.72 bits per heavy atom. The van der Waals surface area contributed by atoms with Crippen molar-refractivity contribution in [1.82, 2.24) is 5.32 Å². The molecule has 1 aliphatic heterocycles. The number of hydrogen-bond acceptors (Lipinski definition) is 4. The van der Waals surface area contributed by atoms with Crippen LogP contribution in [-0.4, -0.2) is 31.5 Å². The lowest BCUT2D eigenvalue weighted by Gasteiger charge is -2.33. The zero-order valence-electron chi connectivity index (χ0n) is 16.3. The van der Waals surface area contributed by atoms with Crippen LogP contribution in [0.25, 0.3) is 17.0 Å². The minimum Gasteiger partial charge on any atom is -0.477 e. The first-order valence-electron chi connectivity index (χ1n) is 9.59. The molecule has 6 nitrogen and oxygen atoms in total. The fourth-order valence-electron chi connectivity index (χ4n) is 3.55. The molecule has 1 N–H and O–H groups in total. The van der Waals surface area contributed by atoms with E-state index >= 15 is 0 Å². The molecule has 0 bridgehead atoms. The number of furan rings is 1. The summed E-state index contributed by atoms with van der Waals surface area (Å²) >= 11 is 0. The fraction of sp³-hybridized carbons (Fsp3) is 0.217. The highest BCUT2D eigenvalue weighted by Gasteiger charge is 2.32. The summed E-state index contributed by atoms with van der Waals surface area (Å²) in [5, 5.41) is 3.55. The van der Waals surface area contributed by atoms with Gasteiger partial charge in [-0.15, -0.1) is 0 Å². The summed E-state index contributed by atoms with van der Waals surface area (Å²) in [7, 11) is 1.55. The molecule has 0 saturated carbocycles. The van der Waals surface area contributed by atoms with Gasteiger partial charge < -0.3 is 19.4 Å². The molecule has 0 radical (unpaired) electrons. The Morgan fingerprint density at radius 2 is 1.93 bits per heavy atom. The summed E-state index contributed by atoms with van der Waals surface area (Å²) in [4.78, 5) is 26.8. The zero-order chi connectivity index (χ0) is 20.4. The molecule has 0 unspecified atom stereocenters. The van der Waals surface area contributed by atoms with Gasteiger partial charge in [-0.3, -0.25) is 9.59 Å². The molecule has 3 aromatic rings. The van der Waals surface area contributed by atoms with E-state index in [1.165, 1.54) is 6.08 Å². The molecule has 6 heteroatoms. The second-order valence-corrected chi connectivity index (χ2v) is 6.76. The molecule has 4 rings (SSSR count).